The Hall–Kier alpha value is -3.87. The average Bonchev–Trinajstić information content (AvgIpc) is 2.88. The van der Waals surface area contributed by atoms with Crippen LogP contribution in [-0.4, -0.2) is 41.0 Å². The van der Waals surface area contributed by atoms with Crippen molar-refractivity contribution in [2.45, 2.75) is 72.1 Å². The number of amides is 3. The molecule has 2 unspecified atom stereocenters. The van der Waals surface area contributed by atoms with Crippen molar-refractivity contribution in [1.82, 2.24) is 10.2 Å². The zero-order chi connectivity index (χ0) is 28.6. The molecule has 0 aliphatic rings. The summed E-state index contributed by atoms with van der Waals surface area (Å²) in [5, 5.41) is 7.69. The van der Waals surface area contributed by atoms with Crippen LogP contribution in [0.4, 0.5) is 10.5 Å². The van der Waals surface area contributed by atoms with Gasteiger partial charge < -0.3 is 20.3 Å². The summed E-state index contributed by atoms with van der Waals surface area (Å²) >= 11 is 0. The summed E-state index contributed by atoms with van der Waals surface area (Å²) in [6.07, 6.45) is 0.920. The van der Waals surface area contributed by atoms with E-state index in [0.717, 1.165) is 17.2 Å². The predicted molar refractivity (Wildman–Crippen MR) is 156 cm³/mol. The molecule has 0 aromatic heterocycles. The number of carbonyl (C=O) groups is 3. The molecule has 0 aliphatic heterocycles. The molecular formula is C32H41N3O4. The van der Waals surface area contributed by atoms with E-state index in [0.29, 0.717) is 23.6 Å². The molecule has 3 aromatic carbocycles. The Bertz CT molecular complexity index is 1270. The molecule has 39 heavy (non-hydrogen) atoms. The van der Waals surface area contributed by atoms with Gasteiger partial charge >= 0.3 is 6.09 Å². The third-order valence-electron chi connectivity index (χ3n) is 6.37. The van der Waals surface area contributed by atoms with Crippen LogP contribution >= 0.6 is 0 Å². The smallest absolute Gasteiger partial charge is 0.408 e. The Labute approximate surface area is 231 Å². The fourth-order valence-electron chi connectivity index (χ4n) is 4.46. The van der Waals surface area contributed by atoms with Crippen molar-refractivity contribution in [1.29, 1.82) is 0 Å². The zero-order valence-electron chi connectivity index (χ0n) is 23.9. The second kappa shape index (κ2) is 13.3. The second-order valence-electron chi connectivity index (χ2n) is 11.3. The van der Waals surface area contributed by atoms with Gasteiger partial charge in [-0.1, -0.05) is 74.5 Å². The first-order valence-electron chi connectivity index (χ1n) is 13.6. The summed E-state index contributed by atoms with van der Waals surface area (Å²) in [4.78, 5) is 41.6. The third-order valence-corrected chi connectivity index (χ3v) is 6.37. The van der Waals surface area contributed by atoms with Crippen LogP contribution < -0.4 is 10.6 Å². The number of benzene rings is 3. The molecule has 2 atom stereocenters. The standard InChI is InChI=1S/C32H41N3O4/c1-22(2)16-17-23(3)35(28(36)21-33-31(38)39-32(4,5)6)29(25-13-8-7-9-14-25)30(37)34-27-19-18-24-12-10-11-15-26(24)20-27/h7-15,18-20,22-23,29H,16-17,21H2,1-6H3,(H,33,38)(H,34,37). The van der Waals surface area contributed by atoms with Gasteiger partial charge in [0.15, 0.2) is 0 Å². The summed E-state index contributed by atoms with van der Waals surface area (Å²) in [6.45, 7) is 11.2. The van der Waals surface area contributed by atoms with Crippen molar-refractivity contribution in [3.8, 4) is 0 Å². The minimum Gasteiger partial charge on any atom is -0.444 e. The summed E-state index contributed by atoms with van der Waals surface area (Å²) in [7, 11) is 0. The molecule has 7 heteroatoms. The van der Waals surface area contributed by atoms with Gasteiger partial charge in [-0.2, -0.15) is 0 Å². The van der Waals surface area contributed by atoms with E-state index in [2.05, 4.69) is 24.5 Å². The molecule has 0 fully saturated rings. The lowest BCUT2D eigenvalue weighted by Gasteiger charge is -2.36. The van der Waals surface area contributed by atoms with E-state index in [1.165, 1.54) is 0 Å². The van der Waals surface area contributed by atoms with Gasteiger partial charge in [0.2, 0.25) is 5.91 Å². The quantitative estimate of drug-likeness (QED) is 0.305. The third kappa shape index (κ3) is 8.84. The van der Waals surface area contributed by atoms with Crippen LogP contribution in [0.2, 0.25) is 0 Å². The number of anilines is 1. The maximum atomic E-state index is 13.9. The average molecular weight is 532 g/mol. The number of hydrogen-bond acceptors (Lipinski definition) is 4. The van der Waals surface area contributed by atoms with Gasteiger partial charge in [-0.25, -0.2) is 4.79 Å². The van der Waals surface area contributed by atoms with Crippen molar-refractivity contribution in [3.63, 3.8) is 0 Å². The zero-order valence-corrected chi connectivity index (χ0v) is 23.9. The van der Waals surface area contributed by atoms with Crippen molar-refractivity contribution < 1.29 is 19.1 Å². The summed E-state index contributed by atoms with van der Waals surface area (Å²) in [5.74, 6) is -0.246. The summed E-state index contributed by atoms with van der Waals surface area (Å²) in [6, 6.07) is 21.8. The second-order valence-corrected chi connectivity index (χ2v) is 11.3. The molecule has 0 saturated carbocycles. The Kier molecular flexibility index (Phi) is 10.1. The van der Waals surface area contributed by atoms with Crippen molar-refractivity contribution in [2.75, 3.05) is 11.9 Å². The van der Waals surface area contributed by atoms with Gasteiger partial charge in [0.05, 0.1) is 0 Å². The largest absolute Gasteiger partial charge is 0.444 e. The fraction of sp³-hybridized carbons (Fsp3) is 0.406. The Morgan fingerprint density at radius 3 is 2.13 bits per heavy atom. The minimum atomic E-state index is -0.896. The van der Waals surface area contributed by atoms with E-state index in [-0.39, 0.29) is 24.4 Å². The first-order chi connectivity index (χ1) is 18.4. The molecule has 0 saturated heterocycles. The molecular weight excluding hydrogens is 490 g/mol. The fourth-order valence-corrected chi connectivity index (χ4v) is 4.46. The van der Waals surface area contributed by atoms with Crippen molar-refractivity contribution in [3.05, 3.63) is 78.4 Å². The highest BCUT2D eigenvalue weighted by atomic mass is 16.6. The molecule has 2 N–H and O–H groups in total. The molecule has 0 heterocycles. The van der Waals surface area contributed by atoms with Crippen LogP contribution in [0.15, 0.2) is 72.8 Å². The van der Waals surface area contributed by atoms with Crippen LogP contribution in [0.5, 0.6) is 0 Å². The number of nitrogens with zero attached hydrogens (tertiary/aromatic N) is 1. The van der Waals surface area contributed by atoms with Gasteiger partial charge in [-0.15, -0.1) is 0 Å². The van der Waals surface area contributed by atoms with Crippen LogP contribution in [0.3, 0.4) is 0 Å². The number of carbonyl (C=O) groups excluding carboxylic acids is 3. The number of hydrogen-bond donors (Lipinski definition) is 2. The highest BCUT2D eigenvalue weighted by Gasteiger charge is 2.35. The molecule has 3 amide bonds. The molecule has 0 spiro atoms. The molecule has 3 rings (SSSR count). The van der Waals surface area contributed by atoms with E-state index < -0.39 is 17.7 Å². The molecule has 0 aliphatic carbocycles. The van der Waals surface area contributed by atoms with Crippen LogP contribution in [0.25, 0.3) is 10.8 Å². The lowest BCUT2D eigenvalue weighted by molar-refractivity contribution is -0.140. The first-order valence-corrected chi connectivity index (χ1v) is 13.6. The van der Waals surface area contributed by atoms with Crippen LogP contribution in [0, 0.1) is 5.92 Å². The molecule has 0 bridgehead atoms. The highest BCUT2D eigenvalue weighted by Crippen LogP contribution is 2.28. The van der Waals surface area contributed by atoms with Crippen LogP contribution in [0.1, 0.15) is 66.0 Å². The van der Waals surface area contributed by atoms with E-state index >= 15 is 0 Å². The Morgan fingerprint density at radius 2 is 1.49 bits per heavy atom. The Balaban J connectivity index is 1.93. The van der Waals surface area contributed by atoms with Gasteiger partial charge in [0, 0.05) is 11.7 Å². The van der Waals surface area contributed by atoms with Crippen molar-refractivity contribution in [2.24, 2.45) is 5.92 Å². The van der Waals surface area contributed by atoms with E-state index in [1.807, 2.05) is 79.7 Å². The molecule has 208 valence electrons. The van der Waals surface area contributed by atoms with Crippen LogP contribution in [-0.2, 0) is 14.3 Å². The monoisotopic (exact) mass is 531 g/mol. The van der Waals surface area contributed by atoms with E-state index in [9.17, 15) is 14.4 Å². The summed E-state index contributed by atoms with van der Waals surface area (Å²) < 4.78 is 5.31. The first kappa shape index (κ1) is 29.7. The SMILES string of the molecule is CC(C)CCC(C)N(C(=O)CNC(=O)OC(C)(C)C)C(C(=O)Nc1ccc2ccccc2c1)c1ccccc1. The lowest BCUT2D eigenvalue weighted by atomic mass is 9.98. The molecule has 0 radical (unpaired) electrons. The number of rotatable bonds is 10. The van der Waals surface area contributed by atoms with Gasteiger partial charge in [0.25, 0.3) is 5.91 Å². The molecule has 7 nitrogen and oxygen atoms in total. The topological polar surface area (TPSA) is 87.7 Å². The summed E-state index contributed by atoms with van der Waals surface area (Å²) in [5.41, 5.74) is 0.649. The van der Waals surface area contributed by atoms with Gasteiger partial charge in [-0.3, -0.25) is 9.59 Å². The molecule has 3 aromatic rings. The maximum Gasteiger partial charge on any atom is 0.408 e. The maximum absolute atomic E-state index is 13.9. The predicted octanol–water partition coefficient (Wildman–Crippen LogP) is 6.70. The number of alkyl carbamates (subject to hydrolysis) is 1. The normalized spacial score (nSPS) is 13.0. The van der Waals surface area contributed by atoms with E-state index in [4.69, 9.17) is 4.74 Å². The van der Waals surface area contributed by atoms with E-state index in [1.54, 1.807) is 25.7 Å². The Morgan fingerprint density at radius 1 is 0.846 bits per heavy atom. The van der Waals surface area contributed by atoms with Crippen molar-refractivity contribution >= 4 is 34.4 Å². The lowest BCUT2D eigenvalue weighted by Crippen LogP contribution is -2.50. The number of nitrogens with one attached hydrogen (secondary N) is 2. The van der Waals surface area contributed by atoms with Gasteiger partial charge in [0.1, 0.15) is 18.2 Å². The number of fused-ring (bicyclic) bond motifs is 1. The number of ether oxygens (including phenoxy) is 1. The highest BCUT2D eigenvalue weighted by molar-refractivity contribution is 6.00. The van der Waals surface area contributed by atoms with Gasteiger partial charge in [-0.05, 0) is 74.9 Å². The minimum absolute atomic E-state index is 0.257.